The summed E-state index contributed by atoms with van der Waals surface area (Å²) < 4.78 is 9.88. The Morgan fingerprint density at radius 2 is 1.59 bits per heavy atom. The number of esters is 2. The second kappa shape index (κ2) is 6.73. The van der Waals surface area contributed by atoms with Gasteiger partial charge >= 0.3 is 11.9 Å². The molecule has 2 atom stereocenters. The Kier molecular flexibility index (Phi) is 4.34. The average molecular weight is 393 g/mol. The van der Waals surface area contributed by atoms with Crippen LogP contribution in [0.4, 0.5) is 0 Å². The van der Waals surface area contributed by atoms with Crippen LogP contribution in [0.1, 0.15) is 18.1 Å². The van der Waals surface area contributed by atoms with E-state index in [1.165, 1.54) is 19.0 Å². The predicted molar refractivity (Wildman–Crippen MR) is 104 cm³/mol. The van der Waals surface area contributed by atoms with E-state index in [0.29, 0.717) is 22.2 Å². The Labute approximate surface area is 166 Å². The van der Waals surface area contributed by atoms with Gasteiger partial charge in [0.2, 0.25) is 0 Å². The molecule has 1 heterocycles. The topological polar surface area (TPSA) is 104 Å². The molecule has 0 spiro atoms. The number of methoxy groups -OCH3 is 2. The van der Waals surface area contributed by atoms with E-state index < -0.39 is 23.4 Å². The number of carbonyl (C=O) groups excluding carboxylic acids is 2. The number of aliphatic hydroxyl groups excluding tert-OH is 1. The number of aliphatic hydroxyl groups is 1. The van der Waals surface area contributed by atoms with Gasteiger partial charge in [-0.1, -0.05) is 36.4 Å². The van der Waals surface area contributed by atoms with Crippen molar-refractivity contribution in [1.82, 2.24) is 15.0 Å². The van der Waals surface area contributed by atoms with E-state index in [1.807, 2.05) is 12.1 Å². The average Bonchev–Trinajstić information content (AvgIpc) is 3.20. The van der Waals surface area contributed by atoms with Crippen LogP contribution in [0.15, 0.2) is 54.1 Å². The number of benzene rings is 2. The second-order valence-corrected chi connectivity index (χ2v) is 6.88. The van der Waals surface area contributed by atoms with E-state index in [1.54, 1.807) is 43.3 Å². The zero-order valence-corrected chi connectivity index (χ0v) is 16.1. The van der Waals surface area contributed by atoms with Gasteiger partial charge in [0.1, 0.15) is 28.2 Å². The molecule has 0 amide bonds. The monoisotopic (exact) mass is 393 g/mol. The minimum Gasteiger partial charge on any atom is -0.507 e. The number of carbonyl (C=O) groups is 2. The molecule has 0 unspecified atom stereocenters. The van der Waals surface area contributed by atoms with Gasteiger partial charge in [0.05, 0.1) is 19.8 Å². The quantitative estimate of drug-likeness (QED) is 0.682. The van der Waals surface area contributed by atoms with Crippen LogP contribution < -0.4 is 0 Å². The molecule has 0 saturated heterocycles. The molecule has 29 heavy (non-hydrogen) atoms. The summed E-state index contributed by atoms with van der Waals surface area (Å²) in [6, 6.07) is 14.2. The highest BCUT2D eigenvalue weighted by Crippen LogP contribution is 2.47. The van der Waals surface area contributed by atoms with Gasteiger partial charge in [0.25, 0.3) is 0 Å². The number of hydrogen-bond acceptors (Lipinski definition) is 7. The second-order valence-electron chi connectivity index (χ2n) is 6.88. The number of nitrogens with zero attached hydrogens (tertiary/aromatic N) is 3. The lowest BCUT2D eigenvalue weighted by Crippen LogP contribution is -2.50. The lowest BCUT2D eigenvalue weighted by Gasteiger charge is -2.40. The maximum absolute atomic E-state index is 12.9. The molecule has 0 aliphatic heterocycles. The largest absolute Gasteiger partial charge is 0.507 e. The van der Waals surface area contributed by atoms with Gasteiger partial charge in [0.15, 0.2) is 0 Å². The molecule has 3 aromatic rings. The third kappa shape index (κ3) is 2.60. The van der Waals surface area contributed by atoms with E-state index in [0.717, 1.165) is 0 Å². The Morgan fingerprint density at radius 3 is 2.17 bits per heavy atom. The van der Waals surface area contributed by atoms with Crippen LogP contribution in [0, 0.1) is 5.92 Å². The number of aromatic nitrogens is 3. The van der Waals surface area contributed by atoms with Gasteiger partial charge in [-0.3, -0.25) is 4.79 Å². The van der Waals surface area contributed by atoms with Crippen LogP contribution in [0.3, 0.4) is 0 Å². The molecular weight excluding hydrogens is 374 g/mol. The van der Waals surface area contributed by atoms with Gasteiger partial charge in [-0.05, 0) is 24.6 Å². The van der Waals surface area contributed by atoms with E-state index in [-0.39, 0.29) is 11.3 Å². The fourth-order valence-electron chi connectivity index (χ4n) is 3.93. The molecule has 0 radical (unpaired) electrons. The zero-order chi connectivity index (χ0) is 20.8. The molecule has 2 aromatic carbocycles. The fourth-order valence-corrected chi connectivity index (χ4v) is 3.93. The van der Waals surface area contributed by atoms with E-state index in [4.69, 9.17) is 9.47 Å². The van der Waals surface area contributed by atoms with Crippen LogP contribution >= 0.6 is 0 Å². The summed E-state index contributed by atoms with van der Waals surface area (Å²) in [7, 11) is 2.41. The van der Waals surface area contributed by atoms with Crippen LogP contribution in [-0.4, -0.2) is 46.3 Å². The van der Waals surface area contributed by atoms with Crippen molar-refractivity contribution in [3.63, 3.8) is 0 Å². The number of rotatable bonds is 3. The van der Waals surface area contributed by atoms with Crippen LogP contribution in [0.25, 0.3) is 16.8 Å². The first-order chi connectivity index (χ1) is 13.9. The van der Waals surface area contributed by atoms with Crippen molar-refractivity contribution in [1.29, 1.82) is 0 Å². The summed E-state index contributed by atoms with van der Waals surface area (Å²) in [5.74, 6) is -3.08. The van der Waals surface area contributed by atoms with Crippen LogP contribution in [-0.2, 0) is 24.6 Å². The summed E-state index contributed by atoms with van der Waals surface area (Å²) in [5.41, 5.74) is 0.805. The predicted octanol–water partition coefficient (Wildman–Crippen LogP) is 2.44. The molecule has 1 aromatic heterocycles. The molecule has 8 heteroatoms. The summed E-state index contributed by atoms with van der Waals surface area (Å²) in [6.07, 6.45) is 0. The molecule has 1 aliphatic carbocycles. The fraction of sp³-hybridized carbons (Fsp3) is 0.238. The smallest absolute Gasteiger partial charge is 0.338 e. The number of hydrogen-bond donors (Lipinski definition) is 1. The van der Waals surface area contributed by atoms with Gasteiger partial charge < -0.3 is 14.6 Å². The molecule has 0 saturated carbocycles. The SMILES string of the molecule is COC(=O)C1=C(O)c2ccccc2[C@@](C)(n2nc3ccccc3n2)[C@@H]1C(=O)OC. The van der Waals surface area contributed by atoms with E-state index >= 15 is 0 Å². The minimum absolute atomic E-state index is 0.193. The minimum atomic E-state index is -1.25. The summed E-state index contributed by atoms with van der Waals surface area (Å²) >= 11 is 0. The van der Waals surface area contributed by atoms with Crippen molar-refractivity contribution >= 4 is 28.7 Å². The standard InChI is InChI=1S/C21H19N3O5/c1-21(24-22-14-10-6-7-11-15(14)23-24)13-9-5-4-8-12(13)18(25)16(19(26)28-2)17(21)20(27)29-3/h4-11,17,25H,1-3H3/t17-,21+/m0/s1. The van der Waals surface area contributed by atoms with Gasteiger partial charge in [-0.15, -0.1) is 0 Å². The van der Waals surface area contributed by atoms with Crippen molar-refractivity contribution in [2.24, 2.45) is 5.92 Å². The molecule has 1 N–H and O–H groups in total. The highest BCUT2D eigenvalue weighted by atomic mass is 16.5. The first kappa shape index (κ1) is 18.7. The Bertz CT molecular complexity index is 1130. The molecule has 1 aliphatic rings. The molecular formula is C21H19N3O5. The maximum atomic E-state index is 12.9. The van der Waals surface area contributed by atoms with Gasteiger partial charge in [-0.25, -0.2) is 4.79 Å². The van der Waals surface area contributed by atoms with Crippen molar-refractivity contribution in [2.75, 3.05) is 14.2 Å². The molecule has 0 bridgehead atoms. The lowest BCUT2D eigenvalue weighted by atomic mass is 9.69. The summed E-state index contributed by atoms with van der Waals surface area (Å²) in [6.45, 7) is 1.74. The van der Waals surface area contributed by atoms with Gasteiger partial charge in [-0.2, -0.15) is 15.0 Å². The van der Waals surface area contributed by atoms with Crippen LogP contribution in [0.5, 0.6) is 0 Å². The first-order valence-electron chi connectivity index (χ1n) is 8.95. The van der Waals surface area contributed by atoms with Crippen molar-refractivity contribution in [2.45, 2.75) is 12.5 Å². The summed E-state index contributed by atoms with van der Waals surface area (Å²) in [5, 5.41) is 20.0. The van der Waals surface area contributed by atoms with Crippen molar-refractivity contribution in [3.8, 4) is 0 Å². The molecule has 0 fully saturated rings. The highest BCUT2D eigenvalue weighted by Gasteiger charge is 2.54. The maximum Gasteiger partial charge on any atom is 0.338 e. The van der Waals surface area contributed by atoms with Gasteiger partial charge in [0, 0.05) is 5.56 Å². The van der Waals surface area contributed by atoms with Crippen LogP contribution in [0.2, 0.25) is 0 Å². The highest BCUT2D eigenvalue weighted by molar-refractivity contribution is 6.04. The Hall–Kier alpha value is -3.68. The van der Waals surface area contributed by atoms with E-state index in [9.17, 15) is 14.7 Å². The zero-order valence-electron chi connectivity index (χ0n) is 16.1. The normalized spacial score (nSPS) is 21.0. The Balaban J connectivity index is 2.09. The Morgan fingerprint density at radius 1 is 1.00 bits per heavy atom. The number of ether oxygens (including phenoxy) is 2. The third-order valence-electron chi connectivity index (χ3n) is 5.38. The third-order valence-corrected chi connectivity index (χ3v) is 5.38. The molecule has 4 rings (SSSR count). The number of fused-ring (bicyclic) bond motifs is 2. The first-order valence-corrected chi connectivity index (χ1v) is 8.95. The molecule has 148 valence electrons. The van der Waals surface area contributed by atoms with Crippen molar-refractivity contribution in [3.05, 3.63) is 65.2 Å². The van der Waals surface area contributed by atoms with Crippen molar-refractivity contribution < 1.29 is 24.2 Å². The van der Waals surface area contributed by atoms with E-state index in [2.05, 4.69) is 10.2 Å². The lowest BCUT2D eigenvalue weighted by molar-refractivity contribution is -0.150. The molecule has 8 nitrogen and oxygen atoms in total. The summed E-state index contributed by atoms with van der Waals surface area (Å²) in [4.78, 5) is 26.9.